The number of nitrogens with one attached hydrogen (secondary N) is 2. The Morgan fingerprint density at radius 2 is 1.86 bits per heavy atom. The Kier molecular flexibility index (Phi) is 15.7. The van der Waals surface area contributed by atoms with E-state index in [9.17, 15) is 4.79 Å². The third kappa shape index (κ3) is 10.8. The number of carbonyl (C=O) groups excluding carboxylic acids is 1. The summed E-state index contributed by atoms with van der Waals surface area (Å²) in [4.78, 5) is 15.8. The second-order valence-electron chi connectivity index (χ2n) is 4.00. The van der Waals surface area contributed by atoms with Gasteiger partial charge in [-0.2, -0.15) is 5.10 Å². The molecule has 0 unspecified atom stereocenters. The van der Waals surface area contributed by atoms with Crippen LogP contribution < -0.4 is 16.5 Å². The van der Waals surface area contributed by atoms with Gasteiger partial charge in [-0.3, -0.25) is 10.2 Å². The van der Waals surface area contributed by atoms with Crippen LogP contribution in [0.5, 0.6) is 0 Å². The number of hydrogen-bond acceptors (Lipinski definition) is 5. The third-order valence-electron chi connectivity index (χ3n) is 2.09. The summed E-state index contributed by atoms with van der Waals surface area (Å²) in [5, 5.41) is 6.78. The number of nitrogens with zero attached hydrogens (tertiary/aromatic N) is 2. The number of aromatic nitrogens is 1. The Morgan fingerprint density at radius 3 is 2.32 bits per heavy atom. The molecule has 6 nitrogen and oxygen atoms in total. The minimum atomic E-state index is -0.141. The number of hydrazone groups is 1. The smallest absolute Gasteiger partial charge is 0.252 e. The molecule has 1 amide bonds. The van der Waals surface area contributed by atoms with Crippen molar-refractivity contribution in [2.24, 2.45) is 10.8 Å². The summed E-state index contributed by atoms with van der Waals surface area (Å²) >= 11 is 0. The van der Waals surface area contributed by atoms with Crippen molar-refractivity contribution in [1.29, 1.82) is 0 Å². The van der Waals surface area contributed by atoms with Crippen molar-refractivity contribution < 1.29 is 4.79 Å². The average molecular weight is 309 g/mol. The molecule has 0 bridgehead atoms. The first-order chi connectivity index (χ1) is 10.6. The van der Waals surface area contributed by atoms with E-state index in [1.54, 1.807) is 12.1 Å². The predicted molar refractivity (Wildman–Crippen MR) is 95.3 cm³/mol. The van der Waals surface area contributed by atoms with E-state index in [4.69, 9.17) is 5.73 Å². The Bertz CT molecular complexity index is 411. The molecular formula is C16H31N5O. The molecule has 1 aromatic rings. The maximum Gasteiger partial charge on any atom is 0.252 e. The molecule has 0 spiro atoms. The van der Waals surface area contributed by atoms with Crippen LogP contribution in [0.15, 0.2) is 23.4 Å². The molecule has 1 aromatic heterocycles. The number of hydrogen-bond donors (Lipinski definition) is 3. The van der Waals surface area contributed by atoms with E-state index in [2.05, 4.69) is 20.8 Å². The number of amides is 1. The van der Waals surface area contributed by atoms with E-state index >= 15 is 0 Å². The molecule has 0 saturated carbocycles. The third-order valence-corrected chi connectivity index (χ3v) is 2.09. The van der Waals surface area contributed by atoms with Crippen LogP contribution in [-0.4, -0.2) is 29.7 Å². The first-order valence-corrected chi connectivity index (χ1v) is 7.84. The standard InChI is InChI=1S/C12H19N5O.2C2H6/c1-9(2)16-17-11-5-4-10(8-15-11)12(18)14-7-3-6-13;2*1-2/h4-5,8H,3,6-7,13H2,1-2H3,(H,14,18)(H,15,17);2*1-2H3. The molecule has 1 rings (SSSR count). The van der Waals surface area contributed by atoms with Crippen molar-refractivity contribution in [3.63, 3.8) is 0 Å². The van der Waals surface area contributed by atoms with Gasteiger partial charge in [0.25, 0.3) is 5.91 Å². The Balaban J connectivity index is 0. The van der Waals surface area contributed by atoms with Crippen LogP contribution in [0, 0.1) is 0 Å². The summed E-state index contributed by atoms with van der Waals surface area (Å²) < 4.78 is 0. The quantitative estimate of drug-likeness (QED) is 0.428. The maximum atomic E-state index is 11.7. The number of carbonyl (C=O) groups is 1. The molecule has 1 heterocycles. The SMILES string of the molecule is CC.CC.CC(C)=NNc1ccc(C(=O)NCCCN)cn1. The lowest BCUT2D eigenvalue weighted by molar-refractivity contribution is 0.0953. The Morgan fingerprint density at radius 1 is 1.23 bits per heavy atom. The van der Waals surface area contributed by atoms with E-state index < -0.39 is 0 Å². The van der Waals surface area contributed by atoms with Gasteiger partial charge in [-0.05, 0) is 38.9 Å². The van der Waals surface area contributed by atoms with E-state index in [1.165, 1.54) is 6.20 Å². The second kappa shape index (κ2) is 15.4. The van der Waals surface area contributed by atoms with E-state index in [0.717, 1.165) is 12.1 Å². The minimum absolute atomic E-state index is 0.141. The van der Waals surface area contributed by atoms with Crippen molar-refractivity contribution in [3.8, 4) is 0 Å². The normalized spacial score (nSPS) is 8.50. The Hall–Kier alpha value is -1.95. The molecule has 0 radical (unpaired) electrons. The van der Waals surface area contributed by atoms with Gasteiger partial charge < -0.3 is 11.1 Å². The highest BCUT2D eigenvalue weighted by molar-refractivity contribution is 5.94. The van der Waals surface area contributed by atoms with Gasteiger partial charge in [0.2, 0.25) is 0 Å². The fourth-order valence-electron chi connectivity index (χ4n) is 1.17. The predicted octanol–water partition coefficient (Wildman–Crippen LogP) is 3.02. The van der Waals surface area contributed by atoms with Gasteiger partial charge in [0.1, 0.15) is 5.82 Å². The van der Waals surface area contributed by atoms with Crippen LogP contribution >= 0.6 is 0 Å². The number of anilines is 1. The molecule has 0 fully saturated rings. The van der Waals surface area contributed by atoms with Crippen molar-refractivity contribution in [3.05, 3.63) is 23.9 Å². The highest BCUT2D eigenvalue weighted by Crippen LogP contribution is 2.05. The summed E-state index contributed by atoms with van der Waals surface area (Å²) in [7, 11) is 0. The van der Waals surface area contributed by atoms with Gasteiger partial charge in [0.05, 0.1) is 5.56 Å². The molecule has 0 aliphatic carbocycles. The maximum absolute atomic E-state index is 11.7. The first kappa shape index (κ1) is 22.3. The lowest BCUT2D eigenvalue weighted by Gasteiger charge is -2.05. The zero-order chi connectivity index (χ0) is 17.4. The Labute approximate surface area is 134 Å². The molecule has 126 valence electrons. The van der Waals surface area contributed by atoms with Gasteiger partial charge in [-0.1, -0.05) is 27.7 Å². The highest BCUT2D eigenvalue weighted by Gasteiger charge is 2.04. The molecule has 4 N–H and O–H groups in total. The summed E-state index contributed by atoms with van der Waals surface area (Å²) in [6, 6.07) is 3.41. The van der Waals surface area contributed by atoms with E-state index in [0.29, 0.717) is 24.5 Å². The number of nitrogens with two attached hydrogens (primary N) is 1. The van der Waals surface area contributed by atoms with Gasteiger partial charge in [0, 0.05) is 18.5 Å². The van der Waals surface area contributed by atoms with Crippen molar-refractivity contribution in [2.75, 3.05) is 18.5 Å². The first-order valence-electron chi connectivity index (χ1n) is 7.84. The zero-order valence-corrected chi connectivity index (χ0v) is 14.7. The summed E-state index contributed by atoms with van der Waals surface area (Å²) in [6.07, 6.45) is 2.28. The molecule has 0 aliphatic rings. The zero-order valence-electron chi connectivity index (χ0n) is 14.7. The lowest BCUT2D eigenvalue weighted by atomic mass is 10.2. The van der Waals surface area contributed by atoms with Crippen LogP contribution in [0.4, 0.5) is 5.82 Å². The van der Waals surface area contributed by atoms with Crippen molar-refractivity contribution in [1.82, 2.24) is 10.3 Å². The molecule has 0 aliphatic heterocycles. The van der Waals surface area contributed by atoms with Gasteiger partial charge in [-0.15, -0.1) is 0 Å². The van der Waals surface area contributed by atoms with Gasteiger partial charge in [0.15, 0.2) is 0 Å². The van der Waals surface area contributed by atoms with Crippen LogP contribution in [0.2, 0.25) is 0 Å². The minimum Gasteiger partial charge on any atom is -0.352 e. The molecule has 6 heteroatoms. The fraction of sp³-hybridized carbons (Fsp3) is 0.562. The topological polar surface area (TPSA) is 92.4 Å². The fourth-order valence-corrected chi connectivity index (χ4v) is 1.17. The van der Waals surface area contributed by atoms with Crippen LogP contribution in [-0.2, 0) is 0 Å². The summed E-state index contributed by atoms with van der Waals surface area (Å²) in [6.45, 7) is 12.9. The van der Waals surface area contributed by atoms with E-state index in [-0.39, 0.29) is 5.91 Å². The van der Waals surface area contributed by atoms with Gasteiger partial charge in [-0.25, -0.2) is 4.98 Å². The average Bonchev–Trinajstić information content (AvgIpc) is 2.57. The van der Waals surface area contributed by atoms with Crippen molar-refractivity contribution >= 4 is 17.4 Å². The number of pyridine rings is 1. The van der Waals surface area contributed by atoms with Crippen LogP contribution in [0.3, 0.4) is 0 Å². The highest BCUT2D eigenvalue weighted by atomic mass is 16.1. The largest absolute Gasteiger partial charge is 0.352 e. The number of rotatable bonds is 6. The second-order valence-corrected chi connectivity index (χ2v) is 4.00. The molecular weight excluding hydrogens is 278 g/mol. The van der Waals surface area contributed by atoms with E-state index in [1.807, 2.05) is 41.5 Å². The monoisotopic (exact) mass is 309 g/mol. The lowest BCUT2D eigenvalue weighted by Crippen LogP contribution is -2.26. The molecule has 0 atom stereocenters. The van der Waals surface area contributed by atoms with Crippen LogP contribution in [0.25, 0.3) is 0 Å². The van der Waals surface area contributed by atoms with Crippen molar-refractivity contribution in [2.45, 2.75) is 48.0 Å². The van der Waals surface area contributed by atoms with Crippen LogP contribution in [0.1, 0.15) is 58.3 Å². The molecule has 22 heavy (non-hydrogen) atoms. The summed E-state index contributed by atoms with van der Waals surface area (Å²) in [5.41, 5.74) is 9.56. The van der Waals surface area contributed by atoms with Gasteiger partial charge >= 0.3 is 0 Å². The molecule has 0 aromatic carbocycles. The molecule has 0 saturated heterocycles. The summed E-state index contributed by atoms with van der Waals surface area (Å²) in [5.74, 6) is 0.465.